The molecule has 0 radical (unpaired) electrons. The van der Waals surface area contributed by atoms with E-state index < -0.39 is 5.97 Å². The van der Waals surface area contributed by atoms with Crippen LogP contribution in [0.3, 0.4) is 0 Å². The third-order valence-electron chi connectivity index (χ3n) is 2.97. The number of rotatable bonds is 2. The van der Waals surface area contributed by atoms with Crippen LogP contribution in [0.5, 0.6) is 0 Å². The summed E-state index contributed by atoms with van der Waals surface area (Å²) in [6.45, 7) is 3.06. The average Bonchev–Trinajstić information content (AvgIpc) is 2.91. The molecular weight excluding hydrogens is 285 g/mol. The monoisotopic (exact) mass is 300 g/mol. The number of carbonyl (C=O) groups excluding carboxylic acids is 1. The smallest absolute Gasteiger partial charge is 0.227 e. The van der Waals surface area contributed by atoms with Crippen molar-refractivity contribution in [3.8, 4) is 11.5 Å². The van der Waals surface area contributed by atoms with Crippen LogP contribution in [0.1, 0.15) is 19.4 Å². The lowest BCUT2D eigenvalue weighted by molar-refractivity contribution is -0.302. The summed E-state index contributed by atoms with van der Waals surface area (Å²) in [5.41, 5.74) is 3.60. The molecule has 0 aliphatic rings. The Morgan fingerprint density at radius 2 is 1.86 bits per heavy atom. The van der Waals surface area contributed by atoms with Crippen molar-refractivity contribution in [3.05, 3.63) is 53.8 Å². The first kappa shape index (κ1) is 15.7. The Morgan fingerprint density at radius 1 is 1.23 bits per heavy atom. The number of aryl methyl sites for hydroxylation is 1. The number of para-hydroxylation sites is 1. The topological polar surface area (TPSA) is 66.2 Å². The van der Waals surface area contributed by atoms with E-state index in [0.29, 0.717) is 5.89 Å². The Bertz CT molecular complexity index is 774. The molecule has 114 valence electrons. The van der Waals surface area contributed by atoms with Gasteiger partial charge >= 0.3 is 0 Å². The van der Waals surface area contributed by atoms with Gasteiger partial charge in [0.25, 0.3) is 0 Å². The molecule has 1 heterocycles. The number of hydrogen-bond acceptors (Lipinski definition) is 4. The first-order chi connectivity index (χ1) is 10.5. The maximum absolute atomic E-state index is 12.9. The van der Waals surface area contributed by atoms with E-state index in [9.17, 15) is 4.39 Å². The van der Waals surface area contributed by atoms with Crippen LogP contribution < -0.4 is 5.11 Å². The van der Waals surface area contributed by atoms with Crippen LogP contribution in [0.15, 0.2) is 46.9 Å². The number of halogens is 1. The number of carboxylic acid groups (broad SMARTS) is 1. The summed E-state index contributed by atoms with van der Waals surface area (Å²) in [4.78, 5) is 13.4. The van der Waals surface area contributed by atoms with Gasteiger partial charge in [-0.1, -0.05) is 19.1 Å². The van der Waals surface area contributed by atoms with Crippen molar-refractivity contribution in [2.45, 2.75) is 20.3 Å². The molecule has 0 amide bonds. The summed E-state index contributed by atoms with van der Waals surface area (Å²) in [6.07, 6.45) is 0.909. The number of fused-ring (bicyclic) bond motifs is 1. The molecule has 3 rings (SSSR count). The van der Waals surface area contributed by atoms with Gasteiger partial charge in [-0.15, -0.1) is 0 Å². The van der Waals surface area contributed by atoms with Crippen molar-refractivity contribution in [1.29, 1.82) is 0 Å². The van der Waals surface area contributed by atoms with Gasteiger partial charge in [0.1, 0.15) is 11.3 Å². The fourth-order valence-electron chi connectivity index (χ4n) is 2.01. The van der Waals surface area contributed by atoms with Crippen molar-refractivity contribution in [3.63, 3.8) is 0 Å². The lowest BCUT2D eigenvalue weighted by Crippen LogP contribution is -2.16. The highest BCUT2D eigenvalue weighted by atomic mass is 19.1. The van der Waals surface area contributed by atoms with Crippen LogP contribution in [-0.4, -0.2) is 11.0 Å². The van der Waals surface area contributed by atoms with Crippen LogP contribution >= 0.6 is 0 Å². The van der Waals surface area contributed by atoms with Gasteiger partial charge in [-0.2, -0.15) is 0 Å². The Kier molecular flexibility index (Phi) is 4.88. The summed E-state index contributed by atoms with van der Waals surface area (Å²) >= 11 is 0. The Morgan fingerprint density at radius 3 is 2.45 bits per heavy atom. The summed E-state index contributed by atoms with van der Waals surface area (Å²) in [7, 11) is 0. The van der Waals surface area contributed by atoms with E-state index in [-0.39, 0.29) is 5.82 Å². The van der Waals surface area contributed by atoms with Crippen LogP contribution in [-0.2, 0) is 11.2 Å². The molecule has 0 unspecified atom stereocenters. The van der Waals surface area contributed by atoms with E-state index in [1.807, 2.05) is 18.2 Å². The molecule has 22 heavy (non-hydrogen) atoms. The highest BCUT2D eigenvalue weighted by molar-refractivity contribution is 5.79. The summed E-state index contributed by atoms with van der Waals surface area (Å²) < 4.78 is 18.6. The zero-order chi connectivity index (χ0) is 16.1. The van der Waals surface area contributed by atoms with Gasteiger partial charge < -0.3 is 14.3 Å². The molecule has 2 aromatic carbocycles. The normalized spacial score (nSPS) is 10.1. The van der Waals surface area contributed by atoms with Crippen LogP contribution in [0.4, 0.5) is 4.39 Å². The largest absolute Gasteiger partial charge is 0.550 e. The van der Waals surface area contributed by atoms with Gasteiger partial charge in [0.05, 0.1) is 0 Å². The minimum atomic E-state index is -1.08. The van der Waals surface area contributed by atoms with E-state index in [1.165, 1.54) is 12.1 Å². The number of carboxylic acids is 1. The maximum Gasteiger partial charge on any atom is 0.227 e. The van der Waals surface area contributed by atoms with Crippen molar-refractivity contribution < 1.29 is 18.7 Å². The van der Waals surface area contributed by atoms with Gasteiger partial charge in [-0.3, -0.25) is 0 Å². The van der Waals surface area contributed by atoms with Crippen molar-refractivity contribution >= 4 is 17.1 Å². The van der Waals surface area contributed by atoms with Gasteiger partial charge in [-0.05, 0) is 49.2 Å². The number of aliphatic carboxylic acids is 1. The molecule has 4 nitrogen and oxygen atoms in total. The van der Waals surface area contributed by atoms with E-state index in [1.54, 1.807) is 12.1 Å². The van der Waals surface area contributed by atoms with Crippen molar-refractivity contribution in [2.24, 2.45) is 0 Å². The molecule has 0 N–H and O–H groups in total. The third-order valence-corrected chi connectivity index (χ3v) is 2.97. The average molecular weight is 300 g/mol. The molecule has 3 aromatic rings. The molecule has 0 saturated carbocycles. The fourth-order valence-corrected chi connectivity index (χ4v) is 2.01. The van der Waals surface area contributed by atoms with E-state index in [0.717, 1.165) is 35.6 Å². The summed E-state index contributed by atoms with van der Waals surface area (Å²) in [5.74, 6) is -0.810. The molecule has 0 spiro atoms. The molecule has 0 atom stereocenters. The zero-order valence-corrected chi connectivity index (χ0v) is 12.3. The van der Waals surface area contributed by atoms with Gasteiger partial charge in [-0.25, -0.2) is 9.37 Å². The summed E-state index contributed by atoms with van der Waals surface area (Å²) in [5, 5.41) is 8.89. The minimum Gasteiger partial charge on any atom is -0.550 e. The van der Waals surface area contributed by atoms with Crippen LogP contribution in [0, 0.1) is 5.82 Å². The van der Waals surface area contributed by atoms with E-state index in [2.05, 4.69) is 11.9 Å². The predicted octanol–water partition coefficient (Wildman–Crippen LogP) is 2.95. The Labute approximate surface area is 127 Å². The number of nitrogens with zero attached hydrogens (tertiary/aromatic N) is 1. The number of oxazole rings is 1. The fraction of sp³-hybridized carbons (Fsp3) is 0.176. The van der Waals surface area contributed by atoms with Crippen LogP contribution in [0.2, 0.25) is 0 Å². The lowest BCUT2D eigenvalue weighted by Gasteiger charge is -1.94. The summed E-state index contributed by atoms with van der Waals surface area (Å²) in [6, 6.07) is 12.1. The minimum absolute atomic E-state index is 0.260. The molecule has 0 aliphatic heterocycles. The second-order valence-corrected chi connectivity index (χ2v) is 4.63. The van der Waals surface area contributed by atoms with Crippen LogP contribution in [0.25, 0.3) is 22.6 Å². The third kappa shape index (κ3) is 3.69. The Hall–Kier alpha value is -2.69. The molecule has 5 heteroatoms. The first-order valence-corrected chi connectivity index (χ1v) is 6.83. The van der Waals surface area contributed by atoms with Crippen molar-refractivity contribution in [2.75, 3.05) is 0 Å². The number of aromatic nitrogens is 1. The predicted molar refractivity (Wildman–Crippen MR) is 79.5 cm³/mol. The highest BCUT2D eigenvalue weighted by Gasteiger charge is 2.10. The number of carbonyl (C=O) groups is 1. The highest BCUT2D eigenvalue weighted by Crippen LogP contribution is 2.26. The quantitative estimate of drug-likeness (QED) is 0.730. The molecule has 1 aromatic heterocycles. The second-order valence-electron chi connectivity index (χ2n) is 4.63. The molecule has 0 aliphatic carbocycles. The molecule has 0 fully saturated rings. The van der Waals surface area contributed by atoms with E-state index in [4.69, 9.17) is 14.3 Å². The van der Waals surface area contributed by atoms with Gasteiger partial charge in [0.2, 0.25) is 5.89 Å². The molecule has 0 bridgehead atoms. The Balaban J connectivity index is 0.000000396. The SMILES string of the molecule is CC(=O)[O-].CCc1cccc2oc(-c3ccc(F)cc3)nc12. The molecule has 0 saturated heterocycles. The van der Waals surface area contributed by atoms with Crippen molar-refractivity contribution in [1.82, 2.24) is 4.98 Å². The lowest BCUT2D eigenvalue weighted by atomic mass is 10.1. The first-order valence-electron chi connectivity index (χ1n) is 6.83. The van der Waals surface area contributed by atoms with Gasteiger partial charge in [0.15, 0.2) is 5.58 Å². The molecular formula is C17H15FNO3-. The zero-order valence-electron chi connectivity index (χ0n) is 12.3. The number of hydrogen-bond donors (Lipinski definition) is 0. The number of benzene rings is 2. The maximum atomic E-state index is 12.9. The van der Waals surface area contributed by atoms with E-state index >= 15 is 0 Å². The second kappa shape index (κ2) is 6.85. The standard InChI is InChI=1S/C15H12FNO.C2H4O2/c1-2-10-4-3-5-13-14(10)17-15(18-13)11-6-8-12(16)9-7-11;1-2(3)4/h3-9H,2H2,1H3;1H3,(H,3,4)/p-1. The van der Waals surface area contributed by atoms with Gasteiger partial charge in [0, 0.05) is 11.5 Å².